The predicted molar refractivity (Wildman–Crippen MR) is 102 cm³/mol. The summed E-state index contributed by atoms with van der Waals surface area (Å²) in [4.78, 5) is 19.2. The number of rotatable bonds is 3. The smallest absolute Gasteiger partial charge is 0.272 e. The van der Waals surface area contributed by atoms with Gasteiger partial charge in [-0.1, -0.05) is 12.1 Å². The summed E-state index contributed by atoms with van der Waals surface area (Å²) < 4.78 is 7.70. The van der Waals surface area contributed by atoms with Crippen LogP contribution in [0.4, 0.5) is 0 Å². The highest BCUT2D eigenvalue weighted by Crippen LogP contribution is 2.30. The van der Waals surface area contributed by atoms with Crippen LogP contribution < -0.4 is 4.74 Å². The second-order valence-corrected chi connectivity index (χ2v) is 6.69. The van der Waals surface area contributed by atoms with E-state index >= 15 is 0 Å². The third-order valence-corrected chi connectivity index (χ3v) is 4.90. The fourth-order valence-corrected chi connectivity index (χ4v) is 3.38. The Morgan fingerprint density at radius 1 is 1.22 bits per heavy atom. The van der Waals surface area contributed by atoms with Gasteiger partial charge in [-0.25, -0.2) is 0 Å². The van der Waals surface area contributed by atoms with Gasteiger partial charge in [0.2, 0.25) is 0 Å². The van der Waals surface area contributed by atoms with E-state index in [2.05, 4.69) is 16.1 Å². The Morgan fingerprint density at radius 3 is 2.89 bits per heavy atom. The Balaban J connectivity index is 1.68. The lowest BCUT2D eigenvalue weighted by molar-refractivity contribution is 0.0633. The molecule has 0 unspecified atom stereocenters. The highest BCUT2D eigenvalue weighted by atomic mass is 16.5. The molecule has 4 rings (SSSR count). The maximum absolute atomic E-state index is 13.2. The van der Waals surface area contributed by atoms with Gasteiger partial charge >= 0.3 is 0 Å². The minimum absolute atomic E-state index is 0.0231. The third kappa shape index (κ3) is 3.30. The summed E-state index contributed by atoms with van der Waals surface area (Å²) in [5.41, 5.74) is 3.71. The van der Waals surface area contributed by atoms with Gasteiger partial charge in [0, 0.05) is 36.3 Å². The van der Waals surface area contributed by atoms with E-state index in [0.717, 1.165) is 22.4 Å². The lowest BCUT2D eigenvalue weighted by Crippen LogP contribution is -2.40. The van der Waals surface area contributed by atoms with E-state index in [1.54, 1.807) is 23.1 Å². The zero-order valence-electron chi connectivity index (χ0n) is 15.5. The van der Waals surface area contributed by atoms with Gasteiger partial charge in [0.1, 0.15) is 18.1 Å². The van der Waals surface area contributed by atoms with Crippen molar-refractivity contribution in [3.63, 3.8) is 0 Å². The van der Waals surface area contributed by atoms with Crippen molar-refractivity contribution < 1.29 is 9.53 Å². The standard InChI is InChI=1S/C21H22N4O2/c1-3-25-19(8-10-23-25)21(26)24-13-18-11-16(17-5-4-9-22-12-17)6-7-20(18)27-14-15(24)2/h4-12,15H,3,13-14H2,1-2H3/t15-/m0/s1. The summed E-state index contributed by atoms with van der Waals surface area (Å²) in [7, 11) is 0. The van der Waals surface area contributed by atoms with Crippen molar-refractivity contribution in [2.24, 2.45) is 0 Å². The van der Waals surface area contributed by atoms with E-state index in [-0.39, 0.29) is 11.9 Å². The Kier molecular flexibility index (Phi) is 4.62. The van der Waals surface area contributed by atoms with E-state index in [0.29, 0.717) is 25.4 Å². The highest BCUT2D eigenvalue weighted by molar-refractivity contribution is 5.92. The second-order valence-electron chi connectivity index (χ2n) is 6.69. The van der Waals surface area contributed by atoms with E-state index < -0.39 is 0 Å². The molecule has 6 heteroatoms. The Labute approximate surface area is 158 Å². The number of carbonyl (C=O) groups is 1. The minimum atomic E-state index is -0.0352. The van der Waals surface area contributed by atoms with Crippen molar-refractivity contribution >= 4 is 5.91 Å². The summed E-state index contributed by atoms with van der Waals surface area (Å²) in [5.74, 6) is 0.805. The molecule has 3 aromatic rings. The van der Waals surface area contributed by atoms with Gasteiger partial charge < -0.3 is 9.64 Å². The lowest BCUT2D eigenvalue weighted by Gasteiger charge is -2.26. The largest absolute Gasteiger partial charge is 0.491 e. The summed E-state index contributed by atoms with van der Waals surface area (Å²) in [6.45, 7) is 5.62. The molecule has 1 aliphatic heterocycles. The molecule has 27 heavy (non-hydrogen) atoms. The number of benzene rings is 1. The van der Waals surface area contributed by atoms with E-state index in [4.69, 9.17) is 4.74 Å². The van der Waals surface area contributed by atoms with Gasteiger partial charge in [-0.3, -0.25) is 14.5 Å². The van der Waals surface area contributed by atoms with Gasteiger partial charge in [0.05, 0.1) is 12.6 Å². The molecule has 1 amide bonds. The molecule has 1 aromatic carbocycles. The van der Waals surface area contributed by atoms with Crippen LogP contribution in [0.25, 0.3) is 11.1 Å². The van der Waals surface area contributed by atoms with E-state index in [1.165, 1.54) is 0 Å². The van der Waals surface area contributed by atoms with Crippen LogP contribution in [0.5, 0.6) is 5.75 Å². The minimum Gasteiger partial charge on any atom is -0.491 e. The van der Waals surface area contributed by atoms with Gasteiger partial charge in [-0.15, -0.1) is 0 Å². The molecule has 2 aromatic heterocycles. The lowest BCUT2D eigenvalue weighted by atomic mass is 10.0. The molecule has 3 heterocycles. The molecule has 138 valence electrons. The fourth-order valence-electron chi connectivity index (χ4n) is 3.38. The molecule has 0 bridgehead atoms. The van der Waals surface area contributed by atoms with Crippen molar-refractivity contribution in [3.05, 3.63) is 66.2 Å². The average Bonchev–Trinajstić information content (AvgIpc) is 3.13. The van der Waals surface area contributed by atoms with Gasteiger partial charge in [0.15, 0.2) is 0 Å². The first kappa shape index (κ1) is 17.3. The quantitative estimate of drug-likeness (QED) is 0.717. The first-order valence-corrected chi connectivity index (χ1v) is 9.16. The molecule has 0 radical (unpaired) electrons. The number of ether oxygens (including phenoxy) is 1. The first-order chi connectivity index (χ1) is 13.2. The first-order valence-electron chi connectivity index (χ1n) is 9.16. The number of aromatic nitrogens is 3. The van der Waals surface area contributed by atoms with Crippen LogP contribution in [0.1, 0.15) is 29.9 Å². The highest BCUT2D eigenvalue weighted by Gasteiger charge is 2.28. The monoisotopic (exact) mass is 362 g/mol. The topological polar surface area (TPSA) is 60.2 Å². The van der Waals surface area contributed by atoms with Crippen LogP contribution in [0, 0.1) is 0 Å². The predicted octanol–water partition coefficient (Wildman–Crippen LogP) is 3.39. The summed E-state index contributed by atoms with van der Waals surface area (Å²) in [6.07, 6.45) is 5.27. The normalized spacial score (nSPS) is 16.4. The van der Waals surface area contributed by atoms with Gasteiger partial charge in [0.25, 0.3) is 5.91 Å². The molecule has 1 atom stereocenters. The summed E-state index contributed by atoms with van der Waals surface area (Å²) >= 11 is 0. The molecule has 1 aliphatic rings. The van der Waals surface area contributed by atoms with Crippen LogP contribution in [0.2, 0.25) is 0 Å². The van der Waals surface area contributed by atoms with Gasteiger partial charge in [-0.05, 0) is 43.7 Å². The number of amides is 1. The molecule has 6 nitrogen and oxygen atoms in total. The molecule has 0 N–H and O–H groups in total. The van der Waals surface area contributed by atoms with Crippen LogP contribution in [-0.2, 0) is 13.1 Å². The Bertz CT molecular complexity index is 952. The number of carbonyl (C=O) groups excluding carboxylic acids is 1. The zero-order chi connectivity index (χ0) is 18.8. The summed E-state index contributed by atoms with van der Waals surface area (Å²) in [5, 5.41) is 4.23. The number of hydrogen-bond acceptors (Lipinski definition) is 4. The molecule has 0 spiro atoms. The number of hydrogen-bond donors (Lipinski definition) is 0. The van der Waals surface area contributed by atoms with Gasteiger partial charge in [-0.2, -0.15) is 5.10 Å². The van der Waals surface area contributed by atoms with Crippen LogP contribution >= 0.6 is 0 Å². The van der Waals surface area contributed by atoms with Crippen LogP contribution in [-0.4, -0.2) is 38.2 Å². The second kappa shape index (κ2) is 7.23. The molecule has 0 fully saturated rings. The van der Waals surface area contributed by atoms with Crippen LogP contribution in [0.15, 0.2) is 55.0 Å². The molecule has 0 saturated carbocycles. The van der Waals surface area contributed by atoms with E-state index in [1.807, 2.05) is 49.2 Å². The fraction of sp³-hybridized carbons (Fsp3) is 0.286. The molecule has 0 aliphatic carbocycles. The zero-order valence-corrected chi connectivity index (χ0v) is 15.5. The van der Waals surface area contributed by atoms with Crippen molar-refractivity contribution in [1.29, 1.82) is 0 Å². The van der Waals surface area contributed by atoms with Crippen molar-refractivity contribution in [3.8, 4) is 16.9 Å². The SMILES string of the molecule is CCn1nccc1C(=O)N1Cc2cc(-c3cccnc3)ccc2OC[C@@H]1C. The average molecular weight is 362 g/mol. The van der Waals surface area contributed by atoms with E-state index in [9.17, 15) is 4.79 Å². The Morgan fingerprint density at radius 2 is 2.11 bits per heavy atom. The van der Waals surface area contributed by atoms with Crippen molar-refractivity contribution in [2.75, 3.05) is 6.61 Å². The third-order valence-electron chi connectivity index (χ3n) is 4.90. The number of nitrogens with zero attached hydrogens (tertiary/aromatic N) is 4. The maximum Gasteiger partial charge on any atom is 0.272 e. The molecular formula is C21H22N4O2. The molecular weight excluding hydrogens is 340 g/mol. The number of aryl methyl sites for hydroxylation is 1. The summed E-state index contributed by atoms with van der Waals surface area (Å²) in [6, 6.07) is 11.8. The number of fused-ring (bicyclic) bond motifs is 1. The van der Waals surface area contributed by atoms with Crippen LogP contribution in [0.3, 0.4) is 0 Å². The van der Waals surface area contributed by atoms with Crippen molar-refractivity contribution in [2.45, 2.75) is 33.0 Å². The Hall–Kier alpha value is -3.15. The maximum atomic E-state index is 13.2. The van der Waals surface area contributed by atoms with Crippen molar-refractivity contribution in [1.82, 2.24) is 19.7 Å². The number of pyridine rings is 1. The molecule has 0 saturated heterocycles.